The third-order valence-corrected chi connectivity index (χ3v) is 7.39. The van der Waals surface area contributed by atoms with Gasteiger partial charge in [0, 0.05) is 15.6 Å². The van der Waals surface area contributed by atoms with Gasteiger partial charge in [0.25, 0.3) is 11.1 Å². The summed E-state index contributed by atoms with van der Waals surface area (Å²) in [7, 11) is 0. The van der Waals surface area contributed by atoms with Gasteiger partial charge in [-0.2, -0.15) is 0 Å². The number of anilines is 1. The van der Waals surface area contributed by atoms with E-state index in [1.165, 1.54) is 24.3 Å². The van der Waals surface area contributed by atoms with E-state index in [0.717, 1.165) is 4.90 Å². The number of rotatable bonds is 7. The molecule has 6 nitrogen and oxygen atoms in total. The molecule has 1 heterocycles. The predicted octanol–water partition coefficient (Wildman–Crippen LogP) is 7.80. The molecule has 3 aromatic carbocycles. The highest BCUT2D eigenvalue weighted by atomic mass is 79.9. The van der Waals surface area contributed by atoms with Gasteiger partial charge in [-0.1, -0.05) is 53.0 Å². The van der Waals surface area contributed by atoms with Crippen LogP contribution in [0.5, 0.6) is 5.75 Å². The summed E-state index contributed by atoms with van der Waals surface area (Å²) in [4.78, 5) is 38.4. The van der Waals surface area contributed by atoms with E-state index in [4.69, 9.17) is 39.5 Å². The van der Waals surface area contributed by atoms with E-state index >= 15 is 0 Å². The van der Waals surface area contributed by atoms with E-state index in [9.17, 15) is 18.8 Å². The van der Waals surface area contributed by atoms with Crippen LogP contribution in [0.2, 0.25) is 15.1 Å². The molecule has 0 bridgehead atoms. The van der Waals surface area contributed by atoms with Crippen LogP contribution >= 0.6 is 62.5 Å². The molecule has 0 atom stereocenters. The van der Waals surface area contributed by atoms with Crippen molar-refractivity contribution in [1.29, 1.82) is 0 Å². The molecule has 3 aromatic rings. The molecule has 3 amide bonds. The molecule has 190 valence electrons. The lowest BCUT2D eigenvalue weighted by Gasteiger charge is -2.13. The first-order valence-electron chi connectivity index (χ1n) is 10.5. The van der Waals surface area contributed by atoms with E-state index in [2.05, 4.69) is 21.2 Å². The number of halogens is 5. The first kappa shape index (κ1) is 27.5. The number of benzene rings is 3. The highest BCUT2D eigenvalue weighted by Gasteiger charge is 2.36. The quantitative estimate of drug-likeness (QED) is 0.266. The molecule has 0 aromatic heterocycles. The van der Waals surface area contributed by atoms with Crippen LogP contribution in [0.3, 0.4) is 0 Å². The number of imide groups is 1. The van der Waals surface area contributed by atoms with Gasteiger partial charge < -0.3 is 10.1 Å². The maximum atomic E-state index is 13.8. The molecule has 0 spiro atoms. The zero-order valence-corrected chi connectivity index (χ0v) is 23.2. The molecule has 1 fully saturated rings. The molecular formula is C25H15BrCl3FN2O4S. The van der Waals surface area contributed by atoms with Gasteiger partial charge >= 0.3 is 0 Å². The Bertz CT molecular complexity index is 1430. The lowest BCUT2D eigenvalue weighted by atomic mass is 10.2. The Labute approximate surface area is 238 Å². The second kappa shape index (κ2) is 11.9. The second-order valence-electron chi connectivity index (χ2n) is 7.63. The van der Waals surface area contributed by atoms with Crippen molar-refractivity contribution < 1.29 is 23.5 Å². The Morgan fingerprint density at radius 3 is 2.54 bits per heavy atom. The van der Waals surface area contributed by atoms with Crippen LogP contribution in [-0.4, -0.2) is 28.5 Å². The van der Waals surface area contributed by atoms with Crippen LogP contribution in [-0.2, 0) is 16.2 Å². The molecule has 0 radical (unpaired) electrons. The van der Waals surface area contributed by atoms with E-state index in [0.29, 0.717) is 43.2 Å². The number of ether oxygens (including phenoxy) is 1. The number of carbonyl (C=O) groups is 3. The third-order valence-electron chi connectivity index (χ3n) is 5.03. The summed E-state index contributed by atoms with van der Waals surface area (Å²) in [6.45, 7) is -0.414. The monoisotopic (exact) mass is 642 g/mol. The van der Waals surface area contributed by atoms with Crippen molar-refractivity contribution in [3.05, 3.63) is 96.0 Å². The van der Waals surface area contributed by atoms with Crippen LogP contribution in [0.15, 0.2) is 64.0 Å². The fourth-order valence-electron chi connectivity index (χ4n) is 3.27. The Kier molecular flexibility index (Phi) is 8.82. The average Bonchev–Trinajstić information content (AvgIpc) is 3.08. The number of thioether (sulfide) groups is 1. The Hall–Kier alpha value is -2.56. The largest absolute Gasteiger partial charge is 0.486 e. The van der Waals surface area contributed by atoms with Gasteiger partial charge in [-0.15, -0.1) is 0 Å². The lowest BCUT2D eigenvalue weighted by Crippen LogP contribution is -2.36. The molecule has 1 N–H and O–H groups in total. The molecule has 12 heteroatoms. The minimum absolute atomic E-state index is 0.0462. The number of carbonyl (C=O) groups excluding carboxylic acids is 3. The van der Waals surface area contributed by atoms with Crippen molar-refractivity contribution in [3.63, 3.8) is 0 Å². The first-order valence-corrected chi connectivity index (χ1v) is 13.2. The third kappa shape index (κ3) is 6.66. The van der Waals surface area contributed by atoms with Crippen molar-refractivity contribution in [2.24, 2.45) is 0 Å². The van der Waals surface area contributed by atoms with Gasteiger partial charge in [-0.25, -0.2) is 4.39 Å². The SMILES string of the molecule is O=C(CN1C(=O)S/C(=C\c2cc(Cl)c(OCc3ccc(Cl)cc3Cl)c(Br)c2)C1=O)Nc1ccccc1F. The Balaban J connectivity index is 1.45. The van der Waals surface area contributed by atoms with Crippen molar-refractivity contribution in [3.8, 4) is 5.75 Å². The minimum atomic E-state index is -0.707. The van der Waals surface area contributed by atoms with Crippen LogP contribution in [0.1, 0.15) is 11.1 Å². The second-order valence-corrected chi connectivity index (χ2v) is 10.7. The maximum Gasteiger partial charge on any atom is 0.294 e. The number of hydrogen-bond donors (Lipinski definition) is 1. The molecule has 1 aliphatic heterocycles. The average molecular weight is 645 g/mol. The molecular weight excluding hydrogens is 630 g/mol. The van der Waals surface area contributed by atoms with Crippen molar-refractivity contribution in [1.82, 2.24) is 4.90 Å². The predicted molar refractivity (Wildman–Crippen MR) is 148 cm³/mol. The fraction of sp³-hybridized carbons (Fsp3) is 0.0800. The molecule has 37 heavy (non-hydrogen) atoms. The topological polar surface area (TPSA) is 75.7 Å². The number of amides is 3. The van der Waals surface area contributed by atoms with Gasteiger partial charge in [-0.05, 0) is 75.7 Å². The van der Waals surface area contributed by atoms with E-state index in [-0.39, 0.29) is 22.2 Å². The van der Waals surface area contributed by atoms with Gasteiger partial charge in [0.1, 0.15) is 19.0 Å². The van der Waals surface area contributed by atoms with Crippen LogP contribution < -0.4 is 10.1 Å². The van der Waals surface area contributed by atoms with Crippen LogP contribution in [0.25, 0.3) is 6.08 Å². The smallest absolute Gasteiger partial charge is 0.294 e. The molecule has 4 rings (SSSR count). The van der Waals surface area contributed by atoms with Crippen molar-refractivity contribution in [2.45, 2.75) is 6.61 Å². The number of nitrogens with one attached hydrogen (secondary N) is 1. The summed E-state index contributed by atoms with van der Waals surface area (Å²) in [5.74, 6) is -1.62. The standard InChI is InChI=1S/C25H15BrCl3FN2O4S/c26-16-7-13(8-18(29)23(16)36-12-14-5-6-15(27)10-17(14)28)9-21-24(34)32(25(35)37-21)11-22(33)31-20-4-2-1-3-19(20)30/h1-10H,11-12H2,(H,31,33)/b21-9-. The number of para-hydroxylation sites is 1. The van der Waals surface area contributed by atoms with Crippen molar-refractivity contribution in [2.75, 3.05) is 11.9 Å². The first-order chi connectivity index (χ1) is 17.6. The fourth-order valence-corrected chi connectivity index (χ4v) is 5.56. The zero-order chi connectivity index (χ0) is 26.7. The van der Waals surface area contributed by atoms with Crippen LogP contribution in [0, 0.1) is 5.82 Å². The minimum Gasteiger partial charge on any atom is -0.486 e. The summed E-state index contributed by atoms with van der Waals surface area (Å²) in [6, 6.07) is 13.9. The summed E-state index contributed by atoms with van der Waals surface area (Å²) in [5, 5.41) is 2.95. The molecule has 0 saturated carbocycles. The lowest BCUT2D eigenvalue weighted by molar-refractivity contribution is -0.127. The summed E-state index contributed by atoms with van der Waals surface area (Å²) in [5.41, 5.74) is 1.19. The summed E-state index contributed by atoms with van der Waals surface area (Å²) >= 11 is 22.6. The molecule has 1 saturated heterocycles. The molecule has 1 aliphatic rings. The molecule has 0 unspecified atom stereocenters. The summed E-state index contributed by atoms with van der Waals surface area (Å²) in [6.07, 6.45) is 1.48. The van der Waals surface area contributed by atoms with Gasteiger partial charge in [-0.3, -0.25) is 19.3 Å². The van der Waals surface area contributed by atoms with E-state index in [1.807, 2.05) is 0 Å². The number of hydrogen-bond acceptors (Lipinski definition) is 5. The number of nitrogens with zero attached hydrogens (tertiary/aromatic N) is 1. The van der Waals surface area contributed by atoms with E-state index < -0.39 is 29.4 Å². The highest BCUT2D eigenvalue weighted by molar-refractivity contribution is 9.10. The van der Waals surface area contributed by atoms with Crippen molar-refractivity contribution >= 4 is 91.3 Å². The van der Waals surface area contributed by atoms with Gasteiger partial charge in [0.2, 0.25) is 5.91 Å². The summed E-state index contributed by atoms with van der Waals surface area (Å²) < 4.78 is 20.1. The normalized spacial score (nSPS) is 14.4. The van der Waals surface area contributed by atoms with Gasteiger partial charge in [0.15, 0.2) is 5.75 Å². The molecule has 0 aliphatic carbocycles. The highest BCUT2D eigenvalue weighted by Crippen LogP contribution is 2.38. The zero-order valence-electron chi connectivity index (χ0n) is 18.6. The van der Waals surface area contributed by atoms with Crippen LogP contribution in [0.4, 0.5) is 14.9 Å². The van der Waals surface area contributed by atoms with Gasteiger partial charge in [0.05, 0.1) is 20.1 Å². The Morgan fingerprint density at radius 1 is 1.08 bits per heavy atom. The van der Waals surface area contributed by atoms with E-state index in [1.54, 1.807) is 36.4 Å². The maximum absolute atomic E-state index is 13.8. The Morgan fingerprint density at radius 2 is 1.84 bits per heavy atom.